The van der Waals surface area contributed by atoms with Crippen molar-refractivity contribution >= 4 is 17.5 Å². The lowest BCUT2D eigenvalue weighted by atomic mass is 9.89. The highest BCUT2D eigenvalue weighted by Crippen LogP contribution is 2.45. The molecule has 194 valence electrons. The van der Waals surface area contributed by atoms with Crippen molar-refractivity contribution in [2.24, 2.45) is 5.92 Å². The van der Waals surface area contributed by atoms with Crippen LogP contribution >= 0.6 is 0 Å². The predicted molar refractivity (Wildman–Crippen MR) is 141 cm³/mol. The maximum atomic E-state index is 15.5. The number of fused-ring (bicyclic) bond motifs is 2. The van der Waals surface area contributed by atoms with Gasteiger partial charge in [-0.05, 0) is 50.8 Å². The van der Waals surface area contributed by atoms with E-state index < -0.39 is 11.6 Å². The summed E-state index contributed by atoms with van der Waals surface area (Å²) in [6.45, 7) is 10.5. The molecule has 0 radical (unpaired) electrons. The van der Waals surface area contributed by atoms with Gasteiger partial charge in [-0.2, -0.15) is 0 Å². The van der Waals surface area contributed by atoms with Gasteiger partial charge >= 0.3 is 0 Å². The number of hydrogen-bond acceptors (Lipinski definition) is 4. The van der Waals surface area contributed by atoms with Crippen LogP contribution < -0.4 is 10.6 Å². The molecule has 2 saturated heterocycles. The maximum Gasteiger partial charge on any atom is 0.244 e. The van der Waals surface area contributed by atoms with E-state index in [1.54, 1.807) is 12.1 Å². The lowest BCUT2D eigenvalue weighted by molar-refractivity contribution is -0.137. The standard InChI is InChI=1S/C29H39FN4O2/c1-5-20(6-2)27(35)32-22-14-15-24(25(30)16-22)29-17-23(18-31-29)34(19-29)26(21-12-10-9-11-13-21)28(36)33(7-3)8-4/h9-16,20,23,26,31H,5-8,17-19H2,1-4H3,(H,32,35). The molecule has 2 heterocycles. The Bertz CT molecular complexity index is 1070. The van der Waals surface area contributed by atoms with Crippen molar-refractivity contribution in [1.82, 2.24) is 15.1 Å². The number of nitrogens with zero attached hydrogens (tertiary/aromatic N) is 2. The number of nitrogens with one attached hydrogen (secondary N) is 2. The summed E-state index contributed by atoms with van der Waals surface area (Å²) in [4.78, 5) is 30.3. The van der Waals surface area contributed by atoms with Crippen LogP contribution in [0.5, 0.6) is 0 Å². The molecule has 2 aromatic rings. The number of hydrogen-bond donors (Lipinski definition) is 2. The summed E-state index contributed by atoms with van der Waals surface area (Å²) >= 11 is 0. The van der Waals surface area contributed by atoms with Crippen molar-refractivity contribution in [1.29, 1.82) is 0 Å². The topological polar surface area (TPSA) is 64.7 Å². The molecule has 6 nitrogen and oxygen atoms in total. The zero-order valence-corrected chi connectivity index (χ0v) is 21.9. The van der Waals surface area contributed by atoms with E-state index in [0.717, 1.165) is 24.8 Å². The quantitative estimate of drug-likeness (QED) is 0.503. The summed E-state index contributed by atoms with van der Waals surface area (Å²) < 4.78 is 15.5. The summed E-state index contributed by atoms with van der Waals surface area (Å²) in [5.74, 6) is -0.394. The summed E-state index contributed by atoms with van der Waals surface area (Å²) in [7, 11) is 0. The van der Waals surface area contributed by atoms with Crippen LogP contribution in [0, 0.1) is 11.7 Å². The minimum absolute atomic E-state index is 0.0722. The Morgan fingerprint density at radius 2 is 1.81 bits per heavy atom. The van der Waals surface area contributed by atoms with Gasteiger partial charge in [-0.25, -0.2) is 4.39 Å². The number of rotatable bonds is 10. The van der Waals surface area contributed by atoms with E-state index in [1.165, 1.54) is 6.07 Å². The van der Waals surface area contributed by atoms with Crippen molar-refractivity contribution in [3.05, 3.63) is 65.5 Å². The molecule has 3 atom stereocenters. The Morgan fingerprint density at radius 3 is 2.42 bits per heavy atom. The molecular weight excluding hydrogens is 455 g/mol. The first kappa shape index (κ1) is 26.3. The van der Waals surface area contributed by atoms with E-state index in [4.69, 9.17) is 0 Å². The molecule has 2 bridgehead atoms. The Kier molecular flexibility index (Phi) is 8.10. The number of carbonyl (C=O) groups is 2. The van der Waals surface area contributed by atoms with Crippen LogP contribution in [0.25, 0.3) is 0 Å². The molecule has 2 aromatic carbocycles. The van der Waals surface area contributed by atoms with Crippen LogP contribution in [0.15, 0.2) is 48.5 Å². The van der Waals surface area contributed by atoms with Gasteiger partial charge < -0.3 is 15.5 Å². The summed E-state index contributed by atoms with van der Waals surface area (Å²) in [6.07, 6.45) is 2.24. The Labute approximate surface area is 214 Å². The highest BCUT2D eigenvalue weighted by atomic mass is 19.1. The predicted octanol–water partition coefficient (Wildman–Crippen LogP) is 4.68. The van der Waals surface area contributed by atoms with Crippen LogP contribution in [-0.4, -0.2) is 53.8 Å². The third-order valence-electron chi connectivity index (χ3n) is 8.05. The van der Waals surface area contributed by atoms with Gasteiger partial charge in [0.05, 0.1) is 5.54 Å². The van der Waals surface area contributed by atoms with Crippen molar-refractivity contribution in [2.45, 2.75) is 64.6 Å². The first-order valence-corrected chi connectivity index (χ1v) is 13.3. The Morgan fingerprint density at radius 1 is 1.11 bits per heavy atom. The molecule has 2 aliphatic heterocycles. The van der Waals surface area contributed by atoms with Crippen molar-refractivity contribution in [2.75, 3.05) is 31.5 Å². The first-order valence-electron chi connectivity index (χ1n) is 13.3. The minimum Gasteiger partial charge on any atom is -0.342 e. The average molecular weight is 495 g/mol. The molecule has 2 N–H and O–H groups in total. The zero-order valence-electron chi connectivity index (χ0n) is 21.9. The fraction of sp³-hybridized carbons (Fsp3) is 0.517. The molecule has 0 aliphatic carbocycles. The third-order valence-corrected chi connectivity index (χ3v) is 8.05. The van der Waals surface area contributed by atoms with Gasteiger partial charge in [0, 0.05) is 49.4 Å². The third kappa shape index (κ3) is 4.91. The van der Waals surface area contributed by atoms with E-state index in [0.29, 0.717) is 37.4 Å². The number of amides is 2. The Balaban J connectivity index is 1.60. The summed E-state index contributed by atoms with van der Waals surface area (Å²) in [5, 5.41) is 6.43. The molecule has 0 aromatic heterocycles. The second kappa shape index (κ2) is 11.1. The van der Waals surface area contributed by atoms with Crippen molar-refractivity contribution in [3.8, 4) is 0 Å². The molecule has 3 unspecified atom stereocenters. The molecule has 0 spiro atoms. The van der Waals surface area contributed by atoms with Gasteiger partial charge in [0.2, 0.25) is 11.8 Å². The van der Waals surface area contributed by atoms with Gasteiger partial charge in [-0.3, -0.25) is 14.5 Å². The number of benzene rings is 2. The van der Waals surface area contributed by atoms with E-state index in [-0.39, 0.29) is 29.6 Å². The molecule has 2 fully saturated rings. The van der Waals surface area contributed by atoms with Crippen molar-refractivity contribution < 1.29 is 14.0 Å². The molecule has 2 aliphatic rings. The second-order valence-corrected chi connectivity index (χ2v) is 10.0. The van der Waals surface area contributed by atoms with Crippen LogP contribution in [0.3, 0.4) is 0 Å². The number of likely N-dealkylation sites (tertiary alicyclic amines) is 1. The van der Waals surface area contributed by atoms with Gasteiger partial charge in [-0.1, -0.05) is 50.2 Å². The number of anilines is 1. The second-order valence-electron chi connectivity index (χ2n) is 10.0. The van der Waals surface area contributed by atoms with Gasteiger partial charge in [0.1, 0.15) is 11.9 Å². The van der Waals surface area contributed by atoms with E-state index >= 15 is 4.39 Å². The van der Waals surface area contributed by atoms with Crippen molar-refractivity contribution in [3.63, 3.8) is 0 Å². The van der Waals surface area contributed by atoms with Gasteiger partial charge in [0.15, 0.2) is 0 Å². The molecular formula is C29H39FN4O2. The normalized spacial score (nSPS) is 22.1. The first-order chi connectivity index (χ1) is 17.4. The molecule has 0 saturated carbocycles. The molecule has 7 heteroatoms. The summed E-state index contributed by atoms with van der Waals surface area (Å²) in [6, 6.07) is 14.7. The number of carbonyl (C=O) groups excluding carboxylic acids is 2. The average Bonchev–Trinajstić information content (AvgIpc) is 3.46. The van der Waals surface area contributed by atoms with Crippen LogP contribution in [-0.2, 0) is 15.1 Å². The zero-order chi connectivity index (χ0) is 25.9. The maximum absolute atomic E-state index is 15.5. The fourth-order valence-electron chi connectivity index (χ4n) is 5.95. The molecule has 4 rings (SSSR count). The summed E-state index contributed by atoms with van der Waals surface area (Å²) in [5.41, 5.74) is 1.48. The number of piperazine rings is 1. The lowest BCUT2D eigenvalue weighted by Crippen LogP contribution is -2.54. The van der Waals surface area contributed by atoms with E-state index in [1.807, 2.05) is 62.9 Å². The number of halogens is 1. The lowest BCUT2D eigenvalue weighted by Gasteiger charge is -2.40. The smallest absolute Gasteiger partial charge is 0.244 e. The minimum atomic E-state index is -0.566. The monoisotopic (exact) mass is 494 g/mol. The van der Waals surface area contributed by atoms with Crippen LogP contribution in [0.4, 0.5) is 10.1 Å². The van der Waals surface area contributed by atoms with Crippen LogP contribution in [0.1, 0.15) is 64.1 Å². The van der Waals surface area contributed by atoms with Crippen LogP contribution in [0.2, 0.25) is 0 Å². The Hall–Kier alpha value is -2.77. The SMILES string of the molecule is CCC(CC)C(=O)Nc1ccc(C23CC(CN2)N(C(C(=O)N(CC)CC)c2ccccc2)C3)c(F)c1. The van der Waals surface area contributed by atoms with E-state index in [9.17, 15) is 9.59 Å². The van der Waals surface area contributed by atoms with Gasteiger partial charge in [0.25, 0.3) is 0 Å². The number of likely N-dealkylation sites (N-methyl/N-ethyl adjacent to an activating group) is 1. The highest BCUT2D eigenvalue weighted by Gasteiger charge is 2.54. The highest BCUT2D eigenvalue weighted by molar-refractivity contribution is 5.92. The molecule has 36 heavy (non-hydrogen) atoms. The van der Waals surface area contributed by atoms with Gasteiger partial charge in [-0.15, -0.1) is 0 Å². The fourth-order valence-corrected chi connectivity index (χ4v) is 5.95. The van der Waals surface area contributed by atoms with E-state index in [2.05, 4.69) is 15.5 Å². The molecule has 2 amide bonds. The largest absolute Gasteiger partial charge is 0.342 e.